The number of alkyl halides is 3. The normalized spacial score (nSPS) is 15.4. The van der Waals surface area contributed by atoms with Gasteiger partial charge in [-0.1, -0.05) is 19.9 Å². The van der Waals surface area contributed by atoms with Crippen LogP contribution in [0.2, 0.25) is 0 Å². The van der Waals surface area contributed by atoms with E-state index in [1.54, 1.807) is 20.8 Å². The fourth-order valence-electron chi connectivity index (χ4n) is 2.64. The van der Waals surface area contributed by atoms with E-state index in [1.807, 2.05) is 5.92 Å². The molecule has 21 heavy (non-hydrogen) atoms. The van der Waals surface area contributed by atoms with Crippen LogP contribution >= 0.6 is 0 Å². The number of halogens is 4. The molecule has 0 aliphatic carbocycles. The maximum absolute atomic E-state index is 13.1. The van der Waals surface area contributed by atoms with Crippen molar-refractivity contribution in [3.63, 3.8) is 0 Å². The largest absolute Gasteiger partial charge is 0.418 e. The summed E-state index contributed by atoms with van der Waals surface area (Å²) in [5, 5.41) is 9.95. The average molecular weight is 302 g/mol. The van der Waals surface area contributed by atoms with Crippen LogP contribution in [0, 0.1) is 25.1 Å². The molecule has 0 heterocycles. The van der Waals surface area contributed by atoms with Gasteiger partial charge in [0.25, 0.3) is 0 Å². The SMILES string of the molecule is C#CC[C@](O)(CC(C)(C)c1ccc(F)cc1C)C(F)(F)F. The second kappa shape index (κ2) is 5.69. The van der Waals surface area contributed by atoms with E-state index in [0.717, 1.165) is 0 Å². The van der Waals surface area contributed by atoms with Crippen molar-refractivity contribution in [3.05, 3.63) is 35.1 Å². The molecule has 0 saturated heterocycles. The molecule has 1 N–H and O–H groups in total. The number of rotatable bonds is 4. The zero-order valence-electron chi connectivity index (χ0n) is 12.2. The Labute approximate surface area is 122 Å². The smallest absolute Gasteiger partial charge is 0.380 e. The molecule has 5 heteroatoms. The highest BCUT2D eigenvalue weighted by Crippen LogP contribution is 2.43. The Morgan fingerprint density at radius 2 is 1.81 bits per heavy atom. The predicted molar refractivity (Wildman–Crippen MR) is 73.2 cm³/mol. The molecule has 0 aliphatic heterocycles. The van der Waals surface area contributed by atoms with Crippen molar-refractivity contribution in [2.24, 2.45) is 0 Å². The summed E-state index contributed by atoms with van der Waals surface area (Å²) in [7, 11) is 0. The van der Waals surface area contributed by atoms with Crippen molar-refractivity contribution in [2.75, 3.05) is 0 Å². The molecule has 1 rings (SSSR count). The Hall–Kier alpha value is -1.54. The third kappa shape index (κ3) is 3.76. The lowest BCUT2D eigenvalue weighted by Crippen LogP contribution is -2.49. The molecule has 1 aromatic carbocycles. The van der Waals surface area contributed by atoms with E-state index >= 15 is 0 Å². The Morgan fingerprint density at radius 3 is 2.24 bits per heavy atom. The highest BCUT2D eigenvalue weighted by molar-refractivity contribution is 5.33. The molecule has 0 fully saturated rings. The summed E-state index contributed by atoms with van der Waals surface area (Å²) in [6.45, 7) is 4.76. The number of terminal acetylenes is 1. The van der Waals surface area contributed by atoms with Gasteiger partial charge in [0.1, 0.15) is 5.82 Å². The van der Waals surface area contributed by atoms with Gasteiger partial charge in [0.2, 0.25) is 0 Å². The first-order valence-electron chi connectivity index (χ1n) is 6.42. The lowest BCUT2D eigenvalue weighted by molar-refractivity contribution is -0.264. The van der Waals surface area contributed by atoms with Gasteiger partial charge in [-0.05, 0) is 42.0 Å². The van der Waals surface area contributed by atoms with E-state index in [4.69, 9.17) is 6.42 Å². The summed E-state index contributed by atoms with van der Waals surface area (Å²) in [6, 6.07) is 3.89. The van der Waals surface area contributed by atoms with Crippen LogP contribution in [-0.2, 0) is 5.41 Å². The molecule has 0 unspecified atom stereocenters. The minimum absolute atomic E-state index is 0.457. The molecule has 1 nitrogen and oxygen atoms in total. The summed E-state index contributed by atoms with van der Waals surface area (Å²) in [5.74, 6) is 1.43. The van der Waals surface area contributed by atoms with Gasteiger partial charge >= 0.3 is 6.18 Å². The van der Waals surface area contributed by atoms with Gasteiger partial charge in [-0.3, -0.25) is 0 Å². The minimum atomic E-state index is -4.83. The first-order valence-corrected chi connectivity index (χ1v) is 6.42. The van der Waals surface area contributed by atoms with Crippen molar-refractivity contribution in [3.8, 4) is 12.3 Å². The molecular weight excluding hydrogens is 284 g/mol. The molecule has 0 aromatic heterocycles. The highest BCUT2D eigenvalue weighted by atomic mass is 19.4. The molecule has 0 saturated carbocycles. The van der Waals surface area contributed by atoms with E-state index in [2.05, 4.69) is 0 Å². The van der Waals surface area contributed by atoms with Crippen LogP contribution < -0.4 is 0 Å². The van der Waals surface area contributed by atoms with Gasteiger partial charge in [-0.2, -0.15) is 13.2 Å². The Morgan fingerprint density at radius 1 is 1.24 bits per heavy atom. The maximum atomic E-state index is 13.1. The third-order valence-corrected chi connectivity index (χ3v) is 3.57. The number of benzene rings is 1. The zero-order valence-corrected chi connectivity index (χ0v) is 12.2. The number of hydrogen-bond donors (Lipinski definition) is 1. The quantitative estimate of drug-likeness (QED) is 0.655. The van der Waals surface area contributed by atoms with Crippen LogP contribution in [0.4, 0.5) is 17.6 Å². The van der Waals surface area contributed by atoms with Crippen LogP contribution in [-0.4, -0.2) is 16.9 Å². The topological polar surface area (TPSA) is 20.2 Å². The summed E-state index contributed by atoms with van der Waals surface area (Å²) < 4.78 is 52.4. The molecule has 0 bridgehead atoms. The standard InChI is InChI=1S/C16H18F4O/c1-5-8-15(21,16(18,19)20)10-14(3,4)13-7-6-12(17)9-11(13)2/h1,6-7,9,21H,8,10H2,2-4H3/t15-/m0/s1. The zero-order chi connectivity index (χ0) is 16.5. The van der Waals surface area contributed by atoms with Crippen LogP contribution in [0.5, 0.6) is 0 Å². The Kier molecular flexibility index (Phi) is 4.74. The summed E-state index contributed by atoms with van der Waals surface area (Å²) in [5.41, 5.74) is -2.90. The van der Waals surface area contributed by atoms with Crippen molar-refractivity contribution < 1.29 is 22.7 Å². The minimum Gasteiger partial charge on any atom is -0.380 e. The van der Waals surface area contributed by atoms with Gasteiger partial charge in [0.05, 0.1) is 0 Å². The van der Waals surface area contributed by atoms with Crippen molar-refractivity contribution >= 4 is 0 Å². The Balaban J connectivity index is 3.21. The van der Waals surface area contributed by atoms with Gasteiger partial charge in [0, 0.05) is 6.42 Å². The highest BCUT2D eigenvalue weighted by Gasteiger charge is 2.55. The lowest BCUT2D eigenvalue weighted by atomic mass is 9.72. The van der Waals surface area contributed by atoms with E-state index in [9.17, 15) is 22.7 Å². The second-order valence-corrected chi connectivity index (χ2v) is 5.93. The van der Waals surface area contributed by atoms with Gasteiger partial charge in [-0.15, -0.1) is 12.3 Å². The second-order valence-electron chi connectivity index (χ2n) is 5.93. The number of aliphatic hydroxyl groups is 1. The molecular formula is C16H18F4O. The Bertz CT molecular complexity index is 554. The van der Waals surface area contributed by atoms with Gasteiger partial charge < -0.3 is 5.11 Å². The van der Waals surface area contributed by atoms with Crippen LogP contribution in [0.25, 0.3) is 0 Å². The van der Waals surface area contributed by atoms with E-state index in [-0.39, 0.29) is 0 Å². The first kappa shape index (κ1) is 17.5. The van der Waals surface area contributed by atoms with Crippen molar-refractivity contribution in [2.45, 2.75) is 50.8 Å². The average Bonchev–Trinajstić information content (AvgIpc) is 2.25. The van der Waals surface area contributed by atoms with E-state index in [1.165, 1.54) is 18.2 Å². The van der Waals surface area contributed by atoms with E-state index < -0.39 is 35.9 Å². The monoisotopic (exact) mass is 302 g/mol. The summed E-state index contributed by atoms with van der Waals surface area (Å²) in [6.07, 6.45) is -1.29. The molecule has 0 radical (unpaired) electrons. The molecule has 1 atom stereocenters. The van der Waals surface area contributed by atoms with Gasteiger partial charge in [0.15, 0.2) is 5.60 Å². The molecule has 116 valence electrons. The summed E-state index contributed by atoms with van der Waals surface area (Å²) >= 11 is 0. The fraction of sp³-hybridized carbons (Fsp3) is 0.500. The molecule has 0 aliphatic rings. The van der Waals surface area contributed by atoms with Gasteiger partial charge in [-0.25, -0.2) is 4.39 Å². The molecule has 0 amide bonds. The maximum Gasteiger partial charge on any atom is 0.418 e. The molecule has 1 aromatic rings. The number of hydrogen-bond acceptors (Lipinski definition) is 1. The van der Waals surface area contributed by atoms with Crippen molar-refractivity contribution in [1.82, 2.24) is 0 Å². The van der Waals surface area contributed by atoms with Crippen LogP contribution in [0.15, 0.2) is 18.2 Å². The fourth-order valence-corrected chi connectivity index (χ4v) is 2.64. The molecule has 0 spiro atoms. The predicted octanol–water partition coefficient (Wildman–Crippen LogP) is 4.12. The van der Waals surface area contributed by atoms with Crippen LogP contribution in [0.3, 0.4) is 0 Å². The summed E-state index contributed by atoms with van der Waals surface area (Å²) in [4.78, 5) is 0. The first-order chi connectivity index (χ1) is 9.43. The number of aryl methyl sites for hydroxylation is 1. The lowest BCUT2D eigenvalue weighted by Gasteiger charge is -2.37. The third-order valence-electron chi connectivity index (χ3n) is 3.57. The van der Waals surface area contributed by atoms with Crippen molar-refractivity contribution in [1.29, 1.82) is 0 Å². The van der Waals surface area contributed by atoms with E-state index in [0.29, 0.717) is 11.1 Å². The van der Waals surface area contributed by atoms with Crippen LogP contribution in [0.1, 0.15) is 37.8 Å².